The molecule has 1 N–H and O–H groups in total. The first-order valence-corrected chi connectivity index (χ1v) is 5.92. The van der Waals surface area contributed by atoms with E-state index < -0.39 is 11.8 Å². The minimum absolute atomic E-state index is 0.0543. The average Bonchev–Trinajstić information content (AvgIpc) is 2.77. The second kappa shape index (κ2) is 4.41. The summed E-state index contributed by atoms with van der Waals surface area (Å²) < 4.78 is 15.0. The number of nitrogens with zero attached hydrogens (tertiary/aromatic N) is 3. The van der Waals surface area contributed by atoms with E-state index in [4.69, 9.17) is 0 Å². The number of rotatable bonds is 2. The van der Waals surface area contributed by atoms with Gasteiger partial charge in [-0.2, -0.15) is 5.10 Å². The van der Waals surface area contributed by atoms with Crippen LogP contribution < -0.4 is 0 Å². The van der Waals surface area contributed by atoms with Gasteiger partial charge in [0.1, 0.15) is 5.82 Å². The van der Waals surface area contributed by atoms with E-state index in [1.165, 1.54) is 16.6 Å². The fourth-order valence-electron chi connectivity index (χ4n) is 2.05. The monoisotopic (exact) mass is 271 g/mol. The van der Waals surface area contributed by atoms with Crippen LogP contribution in [0.25, 0.3) is 16.9 Å². The molecule has 2 aromatic heterocycles. The number of aromatic nitrogens is 3. The smallest absolute Gasteiger partial charge is 0.354 e. The molecule has 2 heterocycles. The maximum Gasteiger partial charge on any atom is 0.354 e. The maximum absolute atomic E-state index is 13.8. The molecule has 0 fully saturated rings. The van der Waals surface area contributed by atoms with E-state index in [1.54, 1.807) is 31.2 Å². The van der Waals surface area contributed by atoms with Crippen molar-refractivity contribution in [2.24, 2.45) is 0 Å². The Morgan fingerprint density at radius 2 is 2.05 bits per heavy atom. The molecule has 0 amide bonds. The molecule has 0 radical (unpaired) electrons. The van der Waals surface area contributed by atoms with E-state index >= 15 is 0 Å². The van der Waals surface area contributed by atoms with Crippen molar-refractivity contribution in [2.75, 3.05) is 0 Å². The normalized spacial score (nSPS) is 10.9. The predicted molar refractivity (Wildman–Crippen MR) is 70.1 cm³/mol. The lowest BCUT2D eigenvalue weighted by molar-refractivity contribution is 0.0687. The lowest BCUT2D eigenvalue weighted by atomic mass is 10.1. The van der Waals surface area contributed by atoms with Crippen LogP contribution in [0.1, 0.15) is 16.2 Å². The first-order chi connectivity index (χ1) is 9.56. The number of carboxylic acids is 1. The summed E-state index contributed by atoms with van der Waals surface area (Å²) >= 11 is 0. The quantitative estimate of drug-likeness (QED) is 0.777. The number of halogens is 1. The van der Waals surface area contributed by atoms with Crippen LogP contribution in [0.15, 0.2) is 36.4 Å². The SMILES string of the molecule is Cc1cc2nc(-c3ccccc3F)cc(C(=O)O)n2n1. The summed E-state index contributed by atoms with van der Waals surface area (Å²) in [5, 5.41) is 13.3. The summed E-state index contributed by atoms with van der Waals surface area (Å²) in [6, 6.07) is 9.08. The Morgan fingerprint density at radius 1 is 1.30 bits per heavy atom. The third-order valence-corrected chi connectivity index (χ3v) is 2.92. The highest BCUT2D eigenvalue weighted by Gasteiger charge is 2.16. The molecule has 0 aliphatic rings. The van der Waals surface area contributed by atoms with Crippen molar-refractivity contribution in [1.82, 2.24) is 14.6 Å². The number of hydrogen-bond acceptors (Lipinski definition) is 3. The highest BCUT2D eigenvalue weighted by atomic mass is 19.1. The summed E-state index contributed by atoms with van der Waals surface area (Å²) in [6.07, 6.45) is 0. The van der Waals surface area contributed by atoms with Gasteiger partial charge in [-0.3, -0.25) is 0 Å². The minimum Gasteiger partial charge on any atom is -0.477 e. The van der Waals surface area contributed by atoms with Crippen LogP contribution in [-0.4, -0.2) is 25.7 Å². The number of aromatic carboxylic acids is 1. The third-order valence-electron chi connectivity index (χ3n) is 2.92. The molecule has 0 spiro atoms. The summed E-state index contributed by atoms with van der Waals surface area (Å²) in [4.78, 5) is 15.6. The second-order valence-electron chi connectivity index (χ2n) is 4.37. The molecule has 0 atom stereocenters. The Balaban J connectivity index is 2.33. The predicted octanol–water partition coefficient (Wildman–Crippen LogP) is 2.54. The maximum atomic E-state index is 13.8. The molecule has 1 aromatic carbocycles. The fraction of sp³-hybridized carbons (Fsp3) is 0.0714. The van der Waals surface area contributed by atoms with Gasteiger partial charge in [-0.15, -0.1) is 0 Å². The summed E-state index contributed by atoms with van der Waals surface area (Å²) in [5.41, 5.74) is 1.50. The zero-order chi connectivity index (χ0) is 14.3. The summed E-state index contributed by atoms with van der Waals surface area (Å²) in [7, 11) is 0. The number of fused-ring (bicyclic) bond motifs is 1. The van der Waals surface area contributed by atoms with Crippen molar-refractivity contribution in [3.8, 4) is 11.3 Å². The Labute approximate surface area is 113 Å². The Kier molecular flexibility index (Phi) is 2.71. The van der Waals surface area contributed by atoms with Crippen molar-refractivity contribution >= 4 is 11.6 Å². The van der Waals surface area contributed by atoms with E-state index in [1.807, 2.05) is 0 Å². The van der Waals surface area contributed by atoms with Gasteiger partial charge in [-0.1, -0.05) is 12.1 Å². The van der Waals surface area contributed by atoms with Crippen LogP contribution in [0.3, 0.4) is 0 Å². The Morgan fingerprint density at radius 3 is 2.75 bits per heavy atom. The van der Waals surface area contributed by atoms with Crippen molar-refractivity contribution in [2.45, 2.75) is 6.92 Å². The van der Waals surface area contributed by atoms with Crippen LogP contribution in [0, 0.1) is 12.7 Å². The van der Waals surface area contributed by atoms with Crippen molar-refractivity contribution in [1.29, 1.82) is 0 Å². The molecule has 0 saturated carbocycles. The highest BCUT2D eigenvalue weighted by molar-refractivity contribution is 5.88. The van der Waals surface area contributed by atoms with Crippen LogP contribution in [0.2, 0.25) is 0 Å². The average molecular weight is 271 g/mol. The lowest BCUT2D eigenvalue weighted by Crippen LogP contribution is -2.08. The molecule has 0 unspecified atom stereocenters. The molecule has 0 bridgehead atoms. The van der Waals surface area contributed by atoms with Crippen molar-refractivity contribution < 1.29 is 14.3 Å². The van der Waals surface area contributed by atoms with E-state index in [0.717, 1.165) is 0 Å². The minimum atomic E-state index is -1.14. The largest absolute Gasteiger partial charge is 0.477 e. The van der Waals surface area contributed by atoms with Gasteiger partial charge in [0.25, 0.3) is 0 Å². The topological polar surface area (TPSA) is 67.5 Å². The molecule has 0 saturated heterocycles. The Hall–Kier alpha value is -2.76. The van der Waals surface area contributed by atoms with Gasteiger partial charge in [0.2, 0.25) is 0 Å². The number of aryl methyl sites for hydroxylation is 1. The molecule has 100 valence electrons. The van der Waals surface area contributed by atoms with Crippen molar-refractivity contribution in [3.05, 3.63) is 53.6 Å². The van der Waals surface area contributed by atoms with Gasteiger partial charge in [0, 0.05) is 11.6 Å². The second-order valence-corrected chi connectivity index (χ2v) is 4.37. The lowest BCUT2D eigenvalue weighted by Gasteiger charge is -2.05. The van der Waals surface area contributed by atoms with Crippen LogP contribution >= 0.6 is 0 Å². The number of benzene rings is 1. The fourth-order valence-corrected chi connectivity index (χ4v) is 2.05. The Bertz CT molecular complexity index is 826. The highest BCUT2D eigenvalue weighted by Crippen LogP contribution is 2.23. The number of hydrogen-bond donors (Lipinski definition) is 1. The molecule has 3 aromatic rings. The van der Waals surface area contributed by atoms with Gasteiger partial charge in [0.15, 0.2) is 11.3 Å². The van der Waals surface area contributed by atoms with Crippen molar-refractivity contribution in [3.63, 3.8) is 0 Å². The van der Waals surface area contributed by atoms with Gasteiger partial charge in [-0.25, -0.2) is 18.7 Å². The number of carboxylic acid groups (broad SMARTS) is 1. The standard InChI is InChI=1S/C14H10FN3O2/c1-8-6-13-16-11(9-4-2-3-5-10(9)15)7-12(14(19)20)18(13)17-8/h2-7H,1H3,(H,19,20). The zero-order valence-electron chi connectivity index (χ0n) is 10.5. The van der Waals surface area contributed by atoms with E-state index in [-0.39, 0.29) is 17.0 Å². The van der Waals surface area contributed by atoms with E-state index in [2.05, 4.69) is 10.1 Å². The molecule has 5 nitrogen and oxygen atoms in total. The molecular weight excluding hydrogens is 261 g/mol. The van der Waals surface area contributed by atoms with Crippen LogP contribution in [0.5, 0.6) is 0 Å². The van der Waals surface area contributed by atoms with Crippen LogP contribution in [-0.2, 0) is 0 Å². The first kappa shape index (κ1) is 12.3. The molecule has 3 rings (SSSR count). The third kappa shape index (κ3) is 1.91. The van der Waals surface area contributed by atoms with Gasteiger partial charge >= 0.3 is 5.97 Å². The number of carbonyl (C=O) groups is 1. The van der Waals surface area contributed by atoms with E-state index in [9.17, 15) is 14.3 Å². The summed E-state index contributed by atoms with van der Waals surface area (Å²) in [6.45, 7) is 1.74. The first-order valence-electron chi connectivity index (χ1n) is 5.92. The molecular formula is C14H10FN3O2. The van der Waals surface area contributed by atoms with Gasteiger partial charge in [0.05, 0.1) is 11.4 Å². The van der Waals surface area contributed by atoms with Crippen LogP contribution in [0.4, 0.5) is 4.39 Å². The van der Waals surface area contributed by atoms with Gasteiger partial charge < -0.3 is 5.11 Å². The molecule has 0 aliphatic heterocycles. The zero-order valence-corrected chi connectivity index (χ0v) is 10.5. The molecule has 6 heteroatoms. The molecule has 0 aliphatic carbocycles. The van der Waals surface area contributed by atoms with Gasteiger partial charge in [-0.05, 0) is 25.1 Å². The summed E-state index contributed by atoms with van der Waals surface area (Å²) in [5.74, 6) is -1.59. The van der Waals surface area contributed by atoms with E-state index in [0.29, 0.717) is 11.3 Å². The molecule has 20 heavy (non-hydrogen) atoms.